The standard InChI is InChI=1S/C11H13NO3S.3ClH.Zn/c1-15-11(14)7-16-9-4-2-8(3-5-9)10(13)6-12;;;;/h2-5H,6-7,12H2,1H3;3*1H;/q;;;;+2/p-2. The van der Waals surface area contributed by atoms with Gasteiger partial charge in [0.15, 0.2) is 5.78 Å². The second kappa shape index (κ2) is 15.6. The third-order valence-electron chi connectivity index (χ3n) is 1.95. The molecule has 0 aliphatic heterocycles. The quantitative estimate of drug-likeness (QED) is 0.229. The summed E-state index contributed by atoms with van der Waals surface area (Å²) in [6, 6.07) is 6.98. The topological polar surface area (TPSA) is 69.4 Å². The van der Waals surface area contributed by atoms with Crippen LogP contribution in [0.2, 0.25) is 0 Å². The zero-order valence-corrected chi connectivity index (χ0v) is 16.9. The number of carbonyl (C=O) groups excluding carboxylic acids is 2. The molecular weight excluding hydrogens is 398 g/mol. The number of rotatable bonds is 5. The summed E-state index contributed by atoms with van der Waals surface area (Å²) in [5, 5.41) is 0. The van der Waals surface area contributed by atoms with Crippen LogP contribution in [-0.4, -0.2) is 31.2 Å². The molecule has 0 spiro atoms. The van der Waals surface area contributed by atoms with E-state index in [1.807, 2.05) is 0 Å². The Labute approximate surface area is 153 Å². The molecule has 0 saturated heterocycles. The van der Waals surface area contributed by atoms with E-state index < -0.39 is 0 Å². The summed E-state index contributed by atoms with van der Waals surface area (Å²) in [6.45, 7) is 0.00858. The molecule has 20 heavy (non-hydrogen) atoms. The van der Waals surface area contributed by atoms with Gasteiger partial charge in [0, 0.05) is 10.5 Å². The summed E-state index contributed by atoms with van der Waals surface area (Å²) in [5.41, 5.74) is 5.83. The van der Waals surface area contributed by atoms with E-state index in [0.717, 1.165) is 4.90 Å². The fraction of sp³-hybridized carbons (Fsp3) is 0.273. The van der Waals surface area contributed by atoms with Gasteiger partial charge >= 0.3 is 25.4 Å². The Bertz CT molecular complexity index is 393. The maximum atomic E-state index is 11.2. The predicted octanol–water partition coefficient (Wildman–Crippen LogP) is -4.48. The number of thioether (sulfide) groups is 1. The van der Waals surface area contributed by atoms with Gasteiger partial charge in [0.2, 0.25) is 0 Å². The molecule has 2 N–H and O–H groups in total. The van der Waals surface area contributed by atoms with E-state index in [1.54, 1.807) is 24.3 Å². The van der Waals surface area contributed by atoms with Gasteiger partial charge in [0.05, 0.1) is 19.4 Å². The molecule has 110 valence electrons. The molecule has 1 aromatic rings. The molecule has 0 saturated carbocycles. The van der Waals surface area contributed by atoms with Crippen molar-refractivity contribution in [3.05, 3.63) is 29.8 Å². The number of halogens is 3. The van der Waals surface area contributed by atoms with Crippen LogP contribution < -0.4 is 30.5 Å². The van der Waals surface area contributed by atoms with Crippen molar-refractivity contribution in [3.8, 4) is 0 Å². The summed E-state index contributed by atoms with van der Waals surface area (Å²) in [5.74, 6) is -0.0997. The number of hydrogen-bond donors (Lipinski definition) is 1. The monoisotopic (exact) mass is 409 g/mol. The average molecular weight is 412 g/mol. The smallest absolute Gasteiger partial charge is 1.00 e. The minimum atomic E-state index is -0.271. The summed E-state index contributed by atoms with van der Waals surface area (Å²) in [4.78, 5) is 23.0. The van der Waals surface area contributed by atoms with Crippen molar-refractivity contribution in [1.82, 2.24) is 0 Å². The Kier molecular flexibility index (Phi) is 22.0. The van der Waals surface area contributed by atoms with Crippen molar-refractivity contribution in [2.24, 2.45) is 5.73 Å². The summed E-state index contributed by atoms with van der Waals surface area (Å²) >= 11 is 1.36. The van der Waals surface area contributed by atoms with E-state index in [2.05, 4.69) is 4.74 Å². The maximum Gasteiger partial charge on any atom is 2.00 e. The first-order valence-electron chi connectivity index (χ1n) is 4.70. The molecule has 0 aliphatic carbocycles. The largest absolute Gasteiger partial charge is 2.00 e. The Morgan fingerprint density at radius 3 is 2.10 bits per heavy atom. The number of ether oxygens (including phenoxy) is 1. The van der Waals surface area contributed by atoms with Gasteiger partial charge < -0.3 is 35.3 Å². The second-order valence-electron chi connectivity index (χ2n) is 3.02. The van der Waals surface area contributed by atoms with Crippen molar-refractivity contribution in [1.29, 1.82) is 0 Å². The minimum Gasteiger partial charge on any atom is -1.00 e. The molecule has 9 heteroatoms. The molecule has 0 fully saturated rings. The molecule has 0 bridgehead atoms. The summed E-state index contributed by atoms with van der Waals surface area (Å²) in [7, 11) is 1.35. The molecule has 1 aromatic carbocycles. The van der Waals surface area contributed by atoms with Crippen molar-refractivity contribution in [2.45, 2.75) is 4.90 Å². The van der Waals surface area contributed by atoms with Crippen molar-refractivity contribution < 1.29 is 58.6 Å². The molecular formula is C11H14Cl3NO3SZn. The third kappa shape index (κ3) is 9.97. The fourth-order valence-corrected chi connectivity index (χ4v) is 1.79. The van der Waals surface area contributed by atoms with E-state index in [-0.39, 0.29) is 80.7 Å². The van der Waals surface area contributed by atoms with Crippen LogP contribution in [0.4, 0.5) is 0 Å². The van der Waals surface area contributed by atoms with Gasteiger partial charge in [-0.3, -0.25) is 9.59 Å². The number of nitrogens with two attached hydrogens (primary N) is 1. The first-order valence-corrected chi connectivity index (χ1v) is 5.69. The van der Waals surface area contributed by atoms with Gasteiger partial charge in [-0.2, -0.15) is 0 Å². The van der Waals surface area contributed by atoms with Crippen molar-refractivity contribution in [3.63, 3.8) is 0 Å². The van der Waals surface area contributed by atoms with Crippen LogP contribution >= 0.6 is 24.2 Å². The van der Waals surface area contributed by atoms with Crippen molar-refractivity contribution in [2.75, 3.05) is 19.4 Å². The molecule has 4 nitrogen and oxygen atoms in total. The molecule has 0 aliphatic rings. The number of ketones is 1. The van der Waals surface area contributed by atoms with Crippen LogP contribution in [0, 0.1) is 0 Å². The molecule has 0 amide bonds. The third-order valence-corrected chi connectivity index (χ3v) is 2.93. The number of methoxy groups -OCH3 is 1. The van der Waals surface area contributed by atoms with Gasteiger partial charge in [-0.1, -0.05) is 12.1 Å². The SMILES string of the molecule is COC(=O)CSc1ccc(C(=O)CN)cc1.Cl.[Cl-].[Cl-].[Zn+2]. The van der Waals surface area contributed by atoms with Gasteiger partial charge in [-0.15, -0.1) is 24.2 Å². The van der Waals surface area contributed by atoms with Crippen LogP contribution in [-0.2, 0) is 29.0 Å². The minimum absolute atomic E-state index is 0. The summed E-state index contributed by atoms with van der Waals surface area (Å²) in [6.07, 6.45) is 0. The normalized spacial score (nSPS) is 7.90. The second-order valence-corrected chi connectivity index (χ2v) is 4.07. The van der Waals surface area contributed by atoms with Crippen molar-refractivity contribution >= 4 is 35.9 Å². The van der Waals surface area contributed by atoms with Crippen LogP contribution in [0.15, 0.2) is 29.2 Å². The number of Topliss-reactive ketones (excluding diaryl/α,β-unsaturated/α-hetero) is 1. The predicted molar refractivity (Wildman–Crippen MR) is 69.8 cm³/mol. The first-order chi connectivity index (χ1) is 7.67. The number of hydrogen-bond acceptors (Lipinski definition) is 5. The first kappa shape index (κ1) is 28.3. The number of carbonyl (C=O) groups is 2. The summed E-state index contributed by atoms with van der Waals surface area (Å²) < 4.78 is 4.52. The van der Waals surface area contributed by atoms with E-state index >= 15 is 0 Å². The molecule has 0 atom stereocenters. The fourth-order valence-electron chi connectivity index (χ4n) is 1.06. The zero-order chi connectivity index (χ0) is 12.0. The van der Waals surface area contributed by atoms with E-state index in [0.29, 0.717) is 5.56 Å². The number of esters is 1. The Morgan fingerprint density at radius 1 is 1.20 bits per heavy atom. The molecule has 1 rings (SSSR count). The number of benzene rings is 1. The van der Waals surface area contributed by atoms with E-state index in [4.69, 9.17) is 5.73 Å². The van der Waals surface area contributed by atoms with Crippen LogP contribution in [0.25, 0.3) is 0 Å². The van der Waals surface area contributed by atoms with Crippen LogP contribution in [0.5, 0.6) is 0 Å². The molecule has 0 heterocycles. The van der Waals surface area contributed by atoms with Crippen LogP contribution in [0.1, 0.15) is 10.4 Å². The van der Waals surface area contributed by atoms with E-state index in [9.17, 15) is 9.59 Å². The molecule has 0 unspecified atom stereocenters. The zero-order valence-electron chi connectivity index (χ0n) is 10.8. The Hall–Kier alpha value is 0.163. The molecule has 0 radical (unpaired) electrons. The van der Waals surface area contributed by atoms with Gasteiger partial charge in [-0.25, -0.2) is 0 Å². The molecule has 0 aromatic heterocycles. The average Bonchev–Trinajstić information content (AvgIpc) is 2.35. The van der Waals surface area contributed by atoms with Crippen LogP contribution in [0.3, 0.4) is 0 Å². The van der Waals surface area contributed by atoms with E-state index in [1.165, 1.54) is 18.9 Å². The van der Waals surface area contributed by atoms with Gasteiger partial charge in [-0.05, 0) is 12.1 Å². The van der Waals surface area contributed by atoms with Gasteiger partial charge in [0.1, 0.15) is 0 Å². The van der Waals surface area contributed by atoms with Gasteiger partial charge in [0.25, 0.3) is 0 Å². The maximum absolute atomic E-state index is 11.2. The Balaban J connectivity index is -0.000000320. The Morgan fingerprint density at radius 2 is 1.70 bits per heavy atom.